The van der Waals surface area contributed by atoms with Gasteiger partial charge in [0.1, 0.15) is 6.26 Å². The SMILES string of the molecule is CCCCCCCCC(Cl)C(Cl)C(O)C(Cl)C(Cl)C(Cl)CCCCCCCC/C(Cl)=C\OS(=O)(=O)O. The molecule has 0 bridgehead atoms. The van der Waals surface area contributed by atoms with Crippen molar-refractivity contribution in [3.05, 3.63) is 11.3 Å². The first-order valence-corrected chi connectivity index (χ1v) is 16.7. The fourth-order valence-corrected chi connectivity index (χ4v) is 5.85. The van der Waals surface area contributed by atoms with Crippen molar-refractivity contribution >= 4 is 80.0 Å². The van der Waals surface area contributed by atoms with Gasteiger partial charge in [0.05, 0.1) is 38.0 Å². The van der Waals surface area contributed by atoms with E-state index in [4.69, 9.17) is 74.2 Å². The van der Waals surface area contributed by atoms with Crippen LogP contribution in [-0.2, 0) is 14.6 Å². The Kier molecular flexibility index (Phi) is 22.6. The summed E-state index contributed by atoms with van der Waals surface area (Å²) in [5.74, 6) is 0. The molecule has 0 saturated heterocycles. The molecule has 0 heterocycles. The lowest BCUT2D eigenvalue weighted by Gasteiger charge is -2.29. The van der Waals surface area contributed by atoms with Gasteiger partial charge in [0.15, 0.2) is 0 Å². The first-order valence-electron chi connectivity index (χ1n) is 12.8. The number of rotatable bonds is 23. The molecule has 0 aromatic rings. The summed E-state index contributed by atoms with van der Waals surface area (Å²) in [6, 6.07) is 0. The van der Waals surface area contributed by atoms with Crippen molar-refractivity contribution in [1.82, 2.24) is 0 Å². The van der Waals surface area contributed by atoms with E-state index in [1.807, 2.05) is 0 Å². The fourth-order valence-electron chi connectivity index (χ4n) is 3.73. The van der Waals surface area contributed by atoms with Crippen LogP contribution < -0.4 is 0 Å². The molecule has 216 valence electrons. The van der Waals surface area contributed by atoms with Gasteiger partial charge in [-0.2, -0.15) is 8.42 Å². The van der Waals surface area contributed by atoms with E-state index in [-0.39, 0.29) is 10.4 Å². The normalized spacial score (nSPS) is 17.9. The van der Waals surface area contributed by atoms with E-state index in [0.29, 0.717) is 12.8 Å². The number of aliphatic hydroxyl groups is 1. The summed E-state index contributed by atoms with van der Waals surface area (Å²) < 4.78 is 33.6. The van der Waals surface area contributed by atoms with E-state index in [1.54, 1.807) is 0 Å². The molecule has 0 aromatic carbocycles. The minimum atomic E-state index is -4.52. The molecule has 5 nitrogen and oxygen atoms in total. The van der Waals surface area contributed by atoms with Gasteiger partial charge in [-0.25, -0.2) is 0 Å². The van der Waals surface area contributed by atoms with Crippen molar-refractivity contribution in [2.75, 3.05) is 0 Å². The molecule has 0 aliphatic heterocycles. The second kappa shape index (κ2) is 21.9. The van der Waals surface area contributed by atoms with E-state index >= 15 is 0 Å². The molecule has 2 N–H and O–H groups in total. The molecule has 0 amide bonds. The Morgan fingerprint density at radius 1 is 0.750 bits per heavy atom. The summed E-state index contributed by atoms with van der Waals surface area (Å²) in [6.07, 6.45) is 14.1. The lowest BCUT2D eigenvalue weighted by molar-refractivity contribution is 0.157. The predicted octanol–water partition coefficient (Wildman–Crippen LogP) is 9.16. The highest BCUT2D eigenvalue weighted by molar-refractivity contribution is 7.81. The third kappa shape index (κ3) is 19.2. The molecule has 0 spiro atoms. The van der Waals surface area contributed by atoms with E-state index in [0.717, 1.165) is 64.0 Å². The van der Waals surface area contributed by atoms with Gasteiger partial charge in [0.2, 0.25) is 0 Å². The van der Waals surface area contributed by atoms with Crippen LogP contribution in [0.15, 0.2) is 11.3 Å². The van der Waals surface area contributed by atoms with Crippen LogP contribution in [0.4, 0.5) is 0 Å². The minimum Gasteiger partial charge on any atom is -0.390 e. The molecular formula is C24H42Cl6O5S. The summed E-state index contributed by atoms with van der Waals surface area (Å²) >= 11 is 38.0. The van der Waals surface area contributed by atoms with Gasteiger partial charge >= 0.3 is 10.4 Å². The highest BCUT2D eigenvalue weighted by Crippen LogP contribution is 2.30. The first-order chi connectivity index (χ1) is 16.9. The molecule has 0 saturated carbocycles. The number of unbranched alkanes of at least 4 members (excludes halogenated alkanes) is 10. The van der Waals surface area contributed by atoms with Gasteiger partial charge in [-0.3, -0.25) is 4.55 Å². The topological polar surface area (TPSA) is 83.8 Å². The minimum absolute atomic E-state index is 0.227. The predicted molar refractivity (Wildman–Crippen MR) is 156 cm³/mol. The second-order valence-corrected chi connectivity index (χ2v) is 13.3. The average molecular weight is 655 g/mol. The van der Waals surface area contributed by atoms with Crippen LogP contribution in [0.5, 0.6) is 0 Å². The zero-order valence-corrected chi connectivity index (χ0v) is 26.3. The van der Waals surface area contributed by atoms with Crippen LogP contribution in [0.2, 0.25) is 0 Å². The highest BCUT2D eigenvalue weighted by atomic mass is 35.5. The van der Waals surface area contributed by atoms with Gasteiger partial charge < -0.3 is 9.29 Å². The third-order valence-corrected chi connectivity index (χ3v) is 9.58. The van der Waals surface area contributed by atoms with Gasteiger partial charge in [-0.15, -0.1) is 58.0 Å². The lowest BCUT2D eigenvalue weighted by atomic mass is 9.99. The molecule has 0 fully saturated rings. The van der Waals surface area contributed by atoms with Gasteiger partial charge in [-0.05, 0) is 25.7 Å². The summed E-state index contributed by atoms with van der Waals surface area (Å²) in [4.78, 5) is 0. The molecule has 0 aliphatic rings. The Morgan fingerprint density at radius 2 is 1.19 bits per heavy atom. The Balaban J connectivity index is 4.07. The summed E-state index contributed by atoms with van der Waals surface area (Å²) in [5.41, 5.74) is 0. The molecular weight excluding hydrogens is 613 g/mol. The largest absolute Gasteiger partial charge is 0.445 e. The van der Waals surface area contributed by atoms with Gasteiger partial charge in [0, 0.05) is 0 Å². The molecule has 6 unspecified atom stereocenters. The summed E-state index contributed by atoms with van der Waals surface area (Å²) in [6.45, 7) is 2.19. The second-order valence-electron chi connectivity index (χ2n) is 9.16. The number of allylic oxidation sites excluding steroid dienone is 1. The Bertz CT molecular complexity index is 682. The van der Waals surface area contributed by atoms with E-state index in [1.165, 1.54) is 25.7 Å². The van der Waals surface area contributed by atoms with E-state index in [9.17, 15) is 13.5 Å². The number of halogens is 6. The summed E-state index contributed by atoms with van der Waals surface area (Å²) in [7, 11) is -4.52. The van der Waals surface area contributed by atoms with Crippen LogP contribution in [0, 0.1) is 0 Å². The van der Waals surface area contributed by atoms with Crippen molar-refractivity contribution in [1.29, 1.82) is 0 Å². The van der Waals surface area contributed by atoms with Crippen LogP contribution in [0.1, 0.15) is 103 Å². The maximum absolute atomic E-state index is 10.6. The Labute approximate surface area is 248 Å². The molecule has 0 rings (SSSR count). The molecule has 0 radical (unpaired) electrons. The number of hydrogen-bond acceptors (Lipinski definition) is 4. The number of aliphatic hydroxyl groups excluding tert-OH is 1. The van der Waals surface area contributed by atoms with E-state index < -0.39 is 38.0 Å². The monoisotopic (exact) mass is 652 g/mol. The average Bonchev–Trinajstić information content (AvgIpc) is 2.83. The molecule has 0 aromatic heterocycles. The molecule has 0 aliphatic carbocycles. The van der Waals surface area contributed by atoms with Crippen molar-refractivity contribution in [2.24, 2.45) is 0 Å². The Hall–Kier alpha value is 1.15. The van der Waals surface area contributed by atoms with Crippen molar-refractivity contribution in [3.8, 4) is 0 Å². The van der Waals surface area contributed by atoms with Crippen molar-refractivity contribution < 1.29 is 22.3 Å². The first kappa shape index (κ1) is 37.1. The zero-order valence-electron chi connectivity index (χ0n) is 20.9. The Morgan fingerprint density at radius 3 is 1.69 bits per heavy atom. The lowest BCUT2D eigenvalue weighted by Crippen LogP contribution is -2.43. The summed E-state index contributed by atoms with van der Waals surface area (Å²) in [5, 5.41) is 7.91. The van der Waals surface area contributed by atoms with Gasteiger partial charge in [-0.1, -0.05) is 89.2 Å². The van der Waals surface area contributed by atoms with Crippen molar-refractivity contribution in [2.45, 2.75) is 136 Å². The van der Waals surface area contributed by atoms with Crippen molar-refractivity contribution in [3.63, 3.8) is 0 Å². The maximum atomic E-state index is 10.6. The smallest absolute Gasteiger partial charge is 0.390 e. The molecule has 12 heteroatoms. The van der Waals surface area contributed by atoms with Crippen LogP contribution >= 0.6 is 69.6 Å². The van der Waals surface area contributed by atoms with Crippen LogP contribution in [0.25, 0.3) is 0 Å². The van der Waals surface area contributed by atoms with E-state index in [2.05, 4.69) is 11.1 Å². The molecule has 36 heavy (non-hydrogen) atoms. The maximum Gasteiger partial charge on any atom is 0.445 e. The van der Waals surface area contributed by atoms with Crippen LogP contribution in [0.3, 0.4) is 0 Å². The quantitative estimate of drug-likeness (QED) is 0.0497. The fraction of sp³-hybridized carbons (Fsp3) is 0.917. The number of hydrogen-bond donors (Lipinski definition) is 2. The van der Waals surface area contributed by atoms with Gasteiger partial charge in [0.25, 0.3) is 0 Å². The number of alkyl halides is 5. The highest BCUT2D eigenvalue weighted by Gasteiger charge is 2.36. The van der Waals surface area contributed by atoms with Crippen LogP contribution in [-0.4, -0.2) is 51.1 Å². The standard InChI is InChI=1S/C24H42Cl6O5S/c1-2-3-4-5-9-13-16-20(27)22(29)24(31)23(30)21(28)19(26)15-12-10-7-6-8-11-14-18(25)17-35-36(32,33)34/h17,19-24,31H,2-16H2,1H3,(H,32,33,34)/b18-17+. The zero-order chi connectivity index (χ0) is 27.6. The molecule has 6 atom stereocenters. The third-order valence-electron chi connectivity index (χ3n) is 5.92.